The number of primary amides is 2. The quantitative estimate of drug-likeness (QED) is 0.697. The van der Waals surface area contributed by atoms with E-state index in [1.54, 1.807) is 11.0 Å². The zero-order chi connectivity index (χ0) is 14.7. The first-order valence-corrected chi connectivity index (χ1v) is 6.60. The first-order chi connectivity index (χ1) is 9.49. The maximum absolute atomic E-state index is 11.3. The van der Waals surface area contributed by atoms with Gasteiger partial charge in [-0.25, -0.2) is 4.98 Å². The summed E-state index contributed by atoms with van der Waals surface area (Å²) in [6.07, 6.45) is 4.09. The van der Waals surface area contributed by atoms with Gasteiger partial charge in [-0.15, -0.1) is 0 Å². The molecule has 0 spiro atoms. The maximum Gasteiger partial charge on any atom is 0.267 e. The van der Waals surface area contributed by atoms with Crippen LogP contribution in [0.2, 0.25) is 0 Å². The first kappa shape index (κ1) is 14.1. The monoisotopic (exact) mass is 277 g/mol. The van der Waals surface area contributed by atoms with E-state index in [4.69, 9.17) is 17.2 Å². The highest BCUT2D eigenvalue weighted by atomic mass is 16.1. The molecule has 1 fully saturated rings. The molecule has 0 atom stereocenters. The third-order valence-corrected chi connectivity index (χ3v) is 3.52. The fourth-order valence-corrected chi connectivity index (χ4v) is 2.59. The molecule has 108 valence electrons. The van der Waals surface area contributed by atoms with Crippen LogP contribution in [0.25, 0.3) is 0 Å². The van der Waals surface area contributed by atoms with E-state index in [9.17, 15) is 9.59 Å². The molecule has 1 aliphatic carbocycles. The van der Waals surface area contributed by atoms with Crippen molar-refractivity contribution in [1.82, 2.24) is 4.98 Å². The van der Waals surface area contributed by atoms with Crippen LogP contribution in [-0.2, 0) is 4.79 Å². The van der Waals surface area contributed by atoms with E-state index in [0.29, 0.717) is 11.5 Å². The summed E-state index contributed by atoms with van der Waals surface area (Å²) in [4.78, 5) is 28.5. The standard InChI is InChI=1S/C13H19N5O2/c14-9-5-6-10(12(16)20)17-13(9)18(7-11(15)19)8-3-1-2-4-8/h5-6,8H,1-4,7,14H2,(H2,15,19)(H2,16,20). The second-order valence-corrected chi connectivity index (χ2v) is 5.01. The van der Waals surface area contributed by atoms with E-state index in [0.717, 1.165) is 25.7 Å². The Morgan fingerprint density at radius 3 is 2.45 bits per heavy atom. The van der Waals surface area contributed by atoms with Crippen molar-refractivity contribution in [3.63, 3.8) is 0 Å². The van der Waals surface area contributed by atoms with Crippen molar-refractivity contribution < 1.29 is 9.59 Å². The Balaban J connectivity index is 2.38. The molecule has 7 nitrogen and oxygen atoms in total. The minimum Gasteiger partial charge on any atom is -0.396 e. The van der Waals surface area contributed by atoms with E-state index >= 15 is 0 Å². The normalized spacial score (nSPS) is 15.2. The molecule has 0 unspecified atom stereocenters. The van der Waals surface area contributed by atoms with E-state index in [1.807, 2.05) is 0 Å². The number of amides is 2. The number of pyridine rings is 1. The Kier molecular flexibility index (Phi) is 4.07. The molecule has 1 aromatic rings. The summed E-state index contributed by atoms with van der Waals surface area (Å²) < 4.78 is 0. The van der Waals surface area contributed by atoms with E-state index in [-0.39, 0.29) is 18.3 Å². The van der Waals surface area contributed by atoms with Gasteiger partial charge in [0.25, 0.3) is 5.91 Å². The SMILES string of the molecule is NC(=O)CN(c1nc(C(N)=O)ccc1N)C1CCCC1. The average Bonchev–Trinajstić information content (AvgIpc) is 2.90. The molecule has 0 aromatic carbocycles. The highest BCUT2D eigenvalue weighted by Crippen LogP contribution is 2.30. The van der Waals surface area contributed by atoms with Gasteiger partial charge in [-0.3, -0.25) is 9.59 Å². The number of carbonyl (C=O) groups excluding carboxylic acids is 2. The Morgan fingerprint density at radius 2 is 1.90 bits per heavy atom. The van der Waals surface area contributed by atoms with Crippen LogP contribution in [0, 0.1) is 0 Å². The van der Waals surface area contributed by atoms with Crippen LogP contribution in [0.4, 0.5) is 11.5 Å². The van der Waals surface area contributed by atoms with Gasteiger partial charge in [0.2, 0.25) is 5.91 Å². The lowest BCUT2D eigenvalue weighted by molar-refractivity contribution is -0.116. The van der Waals surface area contributed by atoms with Gasteiger partial charge in [0, 0.05) is 6.04 Å². The summed E-state index contributed by atoms with van der Waals surface area (Å²) >= 11 is 0. The number of hydrogen-bond acceptors (Lipinski definition) is 5. The molecule has 0 bridgehead atoms. The van der Waals surface area contributed by atoms with Gasteiger partial charge >= 0.3 is 0 Å². The smallest absolute Gasteiger partial charge is 0.267 e. The summed E-state index contributed by atoms with van der Waals surface area (Å²) in [6.45, 7) is 0.0318. The lowest BCUT2D eigenvalue weighted by Gasteiger charge is -2.30. The minimum absolute atomic E-state index is 0.0318. The zero-order valence-corrected chi connectivity index (χ0v) is 11.2. The van der Waals surface area contributed by atoms with Crippen LogP contribution in [0.15, 0.2) is 12.1 Å². The number of hydrogen-bond donors (Lipinski definition) is 3. The Morgan fingerprint density at radius 1 is 1.25 bits per heavy atom. The Bertz CT molecular complexity index is 525. The van der Waals surface area contributed by atoms with Crippen molar-refractivity contribution in [1.29, 1.82) is 0 Å². The molecule has 1 saturated carbocycles. The van der Waals surface area contributed by atoms with Crippen molar-refractivity contribution in [3.8, 4) is 0 Å². The molecule has 20 heavy (non-hydrogen) atoms. The lowest BCUT2D eigenvalue weighted by Crippen LogP contribution is -2.41. The Labute approximate surface area is 117 Å². The van der Waals surface area contributed by atoms with Crippen molar-refractivity contribution in [2.24, 2.45) is 11.5 Å². The predicted molar refractivity (Wildman–Crippen MR) is 76.0 cm³/mol. The van der Waals surface area contributed by atoms with E-state index < -0.39 is 11.8 Å². The first-order valence-electron chi connectivity index (χ1n) is 6.60. The summed E-state index contributed by atoms with van der Waals surface area (Å²) in [6, 6.07) is 3.21. The maximum atomic E-state index is 11.3. The van der Waals surface area contributed by atoms with Gasteiger partial charge in [0.15, 0.2) is 5.82 Å². The molecule has 2 amide bonds. The molecule has 0 aliphatic heterocycles. The number of nitrogens with zero attached hydrogens (tertiary/aromatic N) is 2. The third-order valence-electron chi connectivity index (χ3n) is 3.52. The number of anilines is 2. The average molecular weight is 277 g/mol. The van der Waals surface area contributed by atoms with Crippen molar-refractivity contribution in [3.05, 3.63) is 17.8 Å². The summed E-state index contributed by atoms with van der Waals surface area (Å²) in [5, 5.41) is 0. The van der Waals surface area contributed by atoms with Crippen LogP contribution in [-0.4, -0.2) is 29.4 Å². The molecule has 0 radical (unpaired) electrons. The summed E-state index contributed by atoms with van der Waals surface area (Å²) in [5.41, 5.74) is 17.0. The summed E-state index contributed by atoms with van der Waals surface area (Å²) in [7, 11) is 0. The van der Waals surface area contributed by atoms with Crippen LogP contribution >= 0.6 is 0 Å². The van der Waals surface area contributed by atoms with E-state index in [1.165, 1.54) is 6.07 Å². The topological polar surface area (TPSA) is 128 Å². The molecule has 1 heterocycles. The second kappa shape index (κ2) is 5.77. The van der Waals surface area contributed by atoms with Crippen molar-refractivity contribution in [2.75, 3.05) is 17.2 Å². The fraction of sp³-hybridized carbons (Fsp3) is 0.462. The van der Waals surface area contributed by atoms with Gasteiger partial charge in [-0.2, -0.15) is 0 Å². The number of nitrogens with two attached hydrogens (primary N) is 3. The molecule has 7 heteroatoms. The van der Waals surface area contributed by atoms with Crippen LogP contribution < -0.4 is 22.1 Å². The second-order valence-electron chi connectivity index (χ2n) is 5.01. The van der Waals surface area contributed by atoms with Gasteiger partial charge in [0.05, 0.1) is 12.2 Å². The lowest BCUT2D eigenvalue weighted by atomic mass is 10.2. The number of nitrogen functional groups attached to an aromatic ring is 1. The number of aromatic nitrogens is 1. The molecular weight excluding hydrogens is 258 g/mol. The minimum atomic E-state index is -0.628. The fourth-order valence-electron chi connectivity index (χ4n) is 2.59. The molecule has 0 saturated heterocycles. The molecule has 6 N–H and O–H groups in total. The van der Waals surface area contributed by atoms with Gasteiger partial charge in [-0.05, 0) is 25.0 Å². The van der Waals surface area contributed by atoms with Crippen LogP contribution in [0.5, 0.6) is 0 Å². The van der Waals surface area contributed by atoms with Gasteiger partial charge in [-0.1, -0.05) is 12.8 Å². The number of carbonyl (C=O) groups is 2. The molecule has 2 rings (SSSR count). The molecule has 1 aromatic heterocycles. The van der Waals surface area contributed by atoms with Crippen molar-refractivity contribution >= 4 is 23.3 Å². The van der Waals surface area contributed by atoms with Gasteiger partial charge in [0.1, 0.15) is 5.69 Å². The van der Waals surface area contributed by atoms with Crippen LogP contribution in [0.3, 0.4) is 0 Å². The van der Waals surface area contributed by atoms with Crippen LogP contribution in [0.1, 0.15) is 36.2 Å². The largest absolute Gasteiger partial charge is 0.396 e. The van der Waals surface area contributed by atoms with Crippen molar-refractivity contribution in [2.45, 2.75) is 31.7 Å². The highest BCUT2D eigenvalue weighted by molar-refractivity contribution is 5.92. The zero-order valence-electron chi connectivity index (χ0n) is 11.2. The Hall–Kier alpha value is -2.31. The third kappa shape index (κ3) is 2.98. The highest BCUT2D eigenvalue weighted by Gasteiger charge is 2.26. The van der Waals surface area contributed by atoms with E-state index in [2.05, 4.69) is 4.98 Å². The molecule has 1 aliphatic rings. The summed E-state index contributed by atoms with van der Waals surface area (Å²) in [5.74, 6) is -0.675. The predicted octanol–water partition coefficient (Wildman–Crippen LogP) is -0.00300. The molecular formula is C13H19N5O2. The number of rotatable bonds is 5. The van der Waals surface area contributed by atoms with Gasteiger partial charge < -0.3 is 22.1 Å².